The van der Waals surface area contributed by atoms with Crippen LogP contribution in [-0.4, -0.2) is 34.1 Å². The van der Waals surface area contributed by atoms with Crippen molar-refractivity contribution in [2.45, 2.75) is 0 Å². The molecule has 4 heteroatoms. The summed E-state index contributed by atoms with van der Waals surface area (Å²) in [5.74, 6) is 0. The molecule has 0 bridgehead atoms. The van der Waals surface area contributed by atoms with Crippen LogP contribution < -0.4 is 0 Å². The molecule has 0 N–H and O–H groups in total. The average Bonchev–Trinajstić information content (AvgIpc) is 0. The Hall–Kier alpha value is 2.18. The van der Waals surface area contributed by atoms with Gasteiger partial charge in [-0.2, -0.15) is 0 Å². The SMILES string of the molecule is [Fe+2].[Se-2].[Se-2].[Zn+2]. The van der Waals surface area contributed by atoms with Crippen LogP contribution in [0.15, 0.2) is 0 Å². The molecule has 0 saturated carbocycles. The molecule has 0 aliphatic carbocycles. The first-order valence-corrected chi connectivity index (χ1v) is 0. The summed E-state index contributed by atoms with van der Waals surface area (Å²) < 4.78 is 0. The molecule has 0 aromatic rings. The van der Waals surface area contributed by atoms with Crippen LogP contribution in [-0.2, 0) is 36.5 Å². The van der Waals surface area contributed by atoms with E-state index in [0.717, 1.165) is 0 Å². The predicted octanol–water partition coefficient (Wildman–Crippen LogP) is -0.767. The van der Waals surface area contributed by atoms with Crippen molar-refractivity contribution < 1.29 is 36.5 Å². The molecule has 0 aromatic heterocycles. The van der Waals surface area contributed by atoms with Gasteiger partial charge < -0.3 is 34.1 Å². The topological polar surface area (TPSA) is 0 Å². The van der Waals surface area contributed by atoms with Crippen molar-refractivity contribution in [2.75, 3.05) is 0 Å². The van der Waals surface area contributed by atoms with Crippen LogP contribution in [0.2, 0.25) is 0 Å². The Kier molecular flexibility index (Phi) is 166. The van der Waals surface area contributed by atoms with Crippen LogP contribution >= 0.6 is 0 Å². The third kappa shape index (κ3) is 8.89. The van der Waals surface area contributed by atoms with Crippen molar-refractivity contribution in [3.63, 3.8) is 0 Å². The molecule has 0 aliphatic rings. The van der Waals surface area contributed by atoms with Gasteiger partial charge in [0.2, 0.25) is 0 Å². The zero-order valence-electron chi connectivity index (χ0n) is 1.88. The van der Waals surface area contributed by atoms with E-state index in [1.165, 1.54) is 0 Å². The van der Waals surface area contributed by atoms with Gasteiger partial charge in [0, 0.05) is 0 Å². The molecular formula is FeSe2Zn. The van der Waals surface area contributed by atoms with E-state index in [4.69, 9.17) is 0 Å². The van der Waals surface area contributed by atoms with E-state index in [1.54, 1.807) is 0 Å². The molecule has 0 radical (unpaired) electrons. The summed E-state index contributed by atoms with van der Waals surface area (Å²) in [5, 5.41) is 0. The predicted molar refractivity (Wildman–Crippen MR) is 11.5 cm³/mol. The fourth-order valence-corrected chi connectivity index (χ4v) is 0. The molecule has 4 heavy (non-hydrogen) atoms. The molecule has 0 nitrogen and oxygen atoms in total. The summed E-state index contributed by atoms with van der Waals surface area (Å²) in [6.07, 6.45) is 0. The van der Waals surface area contributed by atoms with Crippen LogP contribution in [0, 0.1) is 0 Å². The van der Waals surface area contributed by atoms with Crippen LogP contribution in [0.4, 0.5) is 0 Å². The van der Waals surface area contributed by atoms with Crippen molar-refractivity contribution in [1.29, 1.82) is 0 Å². The minimum absolute atomic E-state index is 0. The summed E-state index contributed by atoms with van der Waals surface area (Å²) in [5.41, 5.74) is 0. The summed E-state index contributed by atoms with van der Waals surface area (Å²) in [4.78, 5) is 0. The molecule has 0 spiro atoms. The third-order valence-corrected chi connectivity index (χ3v) is 0. The Bertz CT molecular complexity index is 6.00. The molecule has 0 amide bonds. The van der Waals surface area contributed by atoms with Gasteiger partial charge in [-0.05, 0) is 0 Å². The molecule has 0 heterocycles. The fourth-order valence-electron chi connectivity index (χ4n) is 0. The average molecular weight is 279 g/mol. The van der Waals surface area contributed by atoms with Gasteiger partial charge in [-0.25, -0.2) is 0 Å². The Morgan fingerprint density at radius 1 is 0.750 bits per heavy atom. The number of hydrogen-bond acceptors (Lipinski definition) is 0. The van der Waals surface area contributed by atoms with Crippen LogP contribution in [0.1, 0.15) is 0 Å². The molecule has 0 fully saturated rings. The van der Waals surface area contributed by atoms with Gasteiger partial charge in [-0.1, -0.05) is 0 Å². The number of hydrogen-bond donors (Lipinski definition) is 0. The largest absolute Gasteiger partial charge is 2.00 e. The monoisotopic (exact) mass is 280 g/mol. The third-order valence-electron chi connectivity index (χ3n) is 0. The smallest absolute Gasteiger partial charge is 2.00 e. The Labute approximate surface area is 70.0 Å². The van der Waals surface area contributed by atoms with Gasteiger partial charge in [0.1, 0.15) is 0 Å². The molecule has 0 unspecified atom stereocenters. The Balaban J connectivity index is 0. The minimum atomic E-state index is 0. The van der Waals surface area contributed by atoms with Gasteiger partial charge >= 0.3 is 36.5 Å². The van der Waals surface area contributed by atoms with E-state index in [9.17, 15) is 0 Å². The maximum atomic E-state index is 0. The first-order chi connectivity index (χ1) is 0. The fraction of sp³-hybridized carbons (Fsp3) is 0. The van der Waals surface area contributed by atoms with Crippen molar-refractivity contribution >= 4 is 34.1 Å². The molecule has 0 aliphatic heterocycles. The molecular weight excluding hydrogens is 279 g/mol. The van der Waals surface area contributed by atoms with Crippen molar-refractivity contribution in [2.24, 2.45) is 0 Å². The van der Waals surface area contributed by atoms with Crippen LogP contribution in [0.3, 0.4) is 0 Å². The van der Waals surface area contributed by atoms with Gasteiger partial charge in [0.15, 0.2) is 0 Å². The number of rotatable bonds is 0. The Morgan fingerprint density at radius 2 is 0.750 bits per heavy atom. The minimum Gasteiger partial charge on any atom is -2.00 e. The van der Waals surface area contributed by atoms with Crippen molar-refractivity contribution in [3.05, 3.63) is 0 Å². The maximum Gasteiger partial charge on any atom is 2.00 e. The summed E-state index contributed by atoms with van der Waals surface area (Å²) >= 11 is 0. The van der Waals surface area contributed by atoms with Crippen molar-refractivity contribution in [3.8, 4) is 0 Å². The Morgan fingerprint density at radius 3 is 0.750 bits per heavy atom. The van der Waals surface area contributed by atoms with Crippen LogP contribution in [0.5, 0.6) is 0 Å². The van der Waals surface area contributed by atoms with Gasteiger partial charge in [0.05, 0.1) is 0 Å². The van der Waals surface area contributed by atoms with Crippen LogP contribution in [0.25, 0.3) is 0 Å². The summed E-state index contributed by atoms with van der Waals surface area (Å²) in [6.45, 7) is 0. The standard InChI is InChI=1S/Fe.2Se.Zn/q+2;2*-2;+2. The zero-order valence-corrected chi connectivity index (χ0v) is 9.37. The summed E-state index contributed by atoms with van der Waals surface area (Å²) in [7, 11) is 0. The van der Waals surface area contributed by atoms with E-state index in [2.05, 4.69) is 0 Å². The van der Waals surface area contributed by atoms with E-state index >= 15 is 0 Å². The first kappa shape index (κ1) is 34.9. The van der Waals surface area contributed by atoms with Gasteiger partial charge in [-0.3, -0.25) is 0 Å². The molecule has 0 rings (SSSR count). The molecule has 0 saturated heterocycles. The van der Waals surface area contributed by atoms with E-state index in [-0.39, 0.29) is 70.7 Å². The second-order valence-corrected chi connectivity index (χ2v) is 0. The maximum absolute atomic E-state index is 0. The molecule has 22 valence electrons. The second-order valence-electron chi connectivity index (χ2n) is 0. The van der Waals surface area contributed by atoms with Crippen molar-refractivity contribution in [1.82, 2.24) is 0 Å². The zero-order chi connectivity index (χ0) is 0. The summed E-state index contributed by atoms with van der Waals surface area (Å²) in [6, 6.07) is 0. The van der Waals surface area contributed by atoms with E-state index < -0.39 is 0 Å². The quantitative estimate of drug-likeness (QED) is 0.511. The molecule has 0 aromatic carbocycles. The van der Waals surface area contributed by atoms with E-state index in [0.29, 0.717) is 0 Å². The molecule has 0 atom stereocenters. The van der Waals surface area contributed by atoms with Gasteiger partial charge in [0.25, 0.3) is 0 Å². The van der Waals surface area contributed by atoms with Gasteiger partial charge in [-0.15, -0.1) is 0 Å². The normalized spacial score (nSPS) is 0. The first-order valence-electron chi connectivity index (χ1n) is 0. The second kappa shape index (κ2) is 19.0. The van der Waals surface area contributed by atoms with E-state index in [1.807, 2.05) is 0 Å².